The van der Waals surface area contributed by atoms with Crippen molar-refractivity contribution in [2.45, 2.75) is 25.6 Å². The van der Waals surface area contributed by atoms with E-state index in [0.717, 1.165) is 6.07 Å². The van der Waals surface area contributed by atoms with Gasteiger partial charge in [-0.25, -0.2) is 18.7 Å². The predicted molar refractivity (Wildman–Crippen MR) is 121 cm³/mol. The van der Waals surface area contributed by atoms with Crippen LogP contribution in [0.15, 0.2) is 35.2 Å². The molecule has 1 fully saturated rings. The number of aliphatic hydroxyl groups excluding tert-OH is 1. The minimum Gasteiger partial charge on any atom is -0.494 e. The summed E-state index contributed by atoms with van der Waals surface area (Å²) in [6, 6.07) is 1.10. The van der Waals surface area contributed by atoms with Gasteiger partial charge in [0.15, 0.2) is 28.9 Å². The molecule has 0 aliphatic carbocycles. The van der Waals surface area contributed by atoms with E-state index >= 15 is 0 Å². The molecule has 2 aromatic rings. The Balaban J connectivity index is 1.65. The molecule has 1 aromatic heterocycles. The fourth-order valence-corrected chi connectivity index (χ4v) is 3.28. The van der Waals surface area contributed by atoms with Crippen LogP contribution in [-0.4, -0.2) is 65.1 Å². The number of rotatable bonds is 8. The van der Waals surface area contributed by atoms with Crippen molar-refractivity contribution < 1.29 is 32.9 Å². The number of piperidine rings is 1. The number of amides is 1. The smallest absolute Gasteiger partial charge is 0.269 e. The standard InChI is InChI=1S/C22H26F2N6O5/c1-33-16-8-17(34-2)20(24)14(19(16)23)11-35-13-9-27-22(28-10-13)29-18(26)7-15(25)21(32)30-5-3-12(31)4-6-30/h7-10,12,31H,3-6,11,25H2,1-2H3,(H2,26,27,28,29). The van der Waals surface area contributed by atoms with E-state index in [-0.39, 0.29) is 40.3 Å². The van der Waals surface area contributed by atoms with Gasteiger partial charge in [-0.15, -0.1) is 0 Å². The summed E-state index contributed by atoms with van der Waals surface area (Å²) in [5, 5.41) is 9.55. The summed E-state index contributed by atoms with van der Waals surface area (Å²) in [5.41, 5.74) is 11.2. The average Bonchev–Trinajstić information content (AvgIpc) is 2.85. The van der Waals surface area contributed by atoms with Gasteiger partial charge in [0, 0.05) is 25.2 Å². The summed E-state index contributed by atoms with van der Waals surface area (Å²) in [5.74, 6) is -2.67. The number of amidine groups is 1. The zero-order valence-corrected chi connectivity index (χ0v) is 19.2. The molecule has 1 aliphatic heterocycles. The summed E-state index contributed by atoms with van der Waals surface area (Å²) >= 11 is 0. The Morgan fingerprint density at radius 3 is 2.29 bits per heavy atom. The highest BCUT2D eigenvalue weighted by molar-refractivity contribution is 6.02. The molecule has 0 spiro atoms. The number of benzene rings is 1. The molecule has 11 nitrogen and oxygen atoms in total. The molecular weight excluding hydrogens is 466 g/mol. The van der Waals surface area contributed by atoms with Crippen LogP contribution in [0.3, 0.4) is 0 Å². The molecule has 0 saturated carbocycles. The third-order valence-corrected chi connectivity index (χ3v) is 5.19. The van der Waals surface area contributed by atoms with Gasteiger partial charge in [0.1, 0.15) is 18.1 Å². The Morgan fingerprint density at radius 1 is 1.17 bits per heavy atom. The number of carbonyl (C=O) groups is 1. The molecule has 5 N–H and O–H groups in total. The summed E-state index contributed by atoms with van der Waals surface area (Å²) < 4.78 is 44.1. The van der Waals surface area contributed by atoms with Gasteiger partial charge in [0.25, 0.3) is 11.9 Å². The van der Waals surface area contributed by atoms with E-state index in [1.165, 1.54) is 37.6 Å². The van der Waals surface area contributed by atoms with Crippen LogP contribution in [0, 0.1) is 11.6 Å². The maximum absolute atomic E-state index is 14.4. The van der Waals surface area contributed by atoms with Crippen LogP contribution >= 0.6 is 0 Å². The summed E-state index contributed by atoms with van der Waals surface area (Å²) in [6.45, 7) is 0.313. The number of aliphatic imine (C=N–C) groups is 1. The lowest BCUT2D eigenvalue weighted by Gasteiger charge is -2.29. The van der Waals surface area contributed by atoms with E-state index in [1.807, 2.05) is 0 Å². The number of hydrogen-bond donors (Lipinski definition) is 3. The Kier molecular flexibility index (Phi) is 8.36. The van der Waals surface area contributed by atoms with E-state index in [9.17, 15) is 18.7 Å². The molecule has 0 bridgehead atoms. The predicted octanol–water partition coefficient (Wildman–Crippen LogP) is 1.17. The summed E-state index contributed by atoms with van der Waals surface area (Å²) in [7, 11) is 2.49. The molecule has 0 unspecified atom stereocenters. The number of aliphatic hydroxyl groups is 1. The molecule has 0 atom stereocenters. The molecule has 1 aliphatic rings. The lowest BCUT2D eigenvalue weighted by atomic mass is 10.1. The molecule has 2 heterocycles. The second-order valence-corrected chi connectivity index (χ2v) is 7.55. The molecule has 13 heteroatoms. The van der Waals surface area contributed by atoms with Crippen LogP contribution in [0.1, 0.15) is 18.4 Å². The van der Waals surface area contributed by atoms with Crippen LogP contribution in [0.5, 0.6) is 17.2 Å². The van der Waals surface area contributed by atoms with Crippen LogP contribution in [0.25, 0.3) is 0 Å². The molecule has 0 radical (unpaired) electrons. The Bertz CT molecular complexity index is 1090. The fourth-order valence-electron chi connectivity index (χ4n) is 3.28. The lowest BCUT2D eigenvalue weighted by Crippen LogP contribution is -2.42. The van der Waals surface area contributed by atoms with Gasteiger partial charge in [-0.1, -0.05) is 0 Å². The highest BCUT2D eigenvalue weighted by Crippen LogP contribution is 2.32. The van der Waals surface area contributed by atoms with Gasteiger partial charge < -0.3 is 35.7 Å². The van der Waals surface area contributed by atoms with Gasteiger partial charge in [-0.2, -0.15) is 4.99 Å². The first-order chi connectivity index (χ1) is 16.7. The summed E-state index contributed by atoms with van der Waals surface area (Å²) in [4.78, 5) is 25.8. The van der Waals surface area contributed by atoms with Crippen LogP contribution in [0.4, 0.5) is 14.7 Å². The zero-order valence-electron chi connectivity index (χ0n) is 19.2. The van der Waals surface area contributed by atoms with Crippen molar-refractivity contribution >= 4 is 17.7 Å². The van der Waals surface area contributed by atoms with Crippen molar-refractivity contribution in [1.29, 1.82) is 0 Å². The maximum atomic E-state index is 14.4. The van der Waals surface area contributed by atoms with Gasteiger partial charge in [-0.05, 0) is 12.8 Å². The van der Waals surface area contributed by atoms with E-state index in [2.05, 4.69) is 15.0 Å². The number of carbonyl (C=O) groups excluding carboxylic acids is 1. The number of nitrogens with zero attached hydrogens (tertiary/aromatic N) is 4. The molecule has 1 saturated heterocycles. The zero-order chi connectivity index (χ0) is 25.5. The number of halogens is 2. The van der Waals surface area contributed by atoms with Gasteiger partial charge >= 0.3 is 0 Å². The topological polar surface area (TPSA) is 158 Å². The molecule has 3 rings (SSSR count). The highest BCUT2D eigenvalue weighted by Gasteiger charge is 2.23. The molecule has 1 aromatic carbocycles. The van der Waals surface area contributed by atoms with Crippen molar-refractivity contribution in [3.63, 3.8) is 0 Å². The fraction of sp³-hybridized carbons (Fsp3) is 0.364. The second kappa shape index (κ2) is 11.4. The Labute approximate surface area is 200 Å². The number of likely N-dealkylation sites (tertiary alicyclic amines) is 1. The highest BCUT2D eigenvalue weighted by atomic mass is 19.1. The van der Waals surface area contributed by atoms with Crippen molar-refractivity contribution in [2.75, 3.05) is 27.3 Å². The van der Waals surface area contributed by atoms with Gasteiger partial charge in [0.2, 0.25) is 0 Å². The number of methoxy groups -OCH3 is 2. The summed E-state index contributed by atoms with van der Waals surface area (Å²) in [6.07, 6.45) is 4.22. The SMILES string of the molecule is COc1cc(OC)c(F)c(COc2cnc(N=C(N)C=C(N)C(=O)N3CCC(O)CC3)nc2)c1F. The largest absolute Gasteiger partial charge is 0.494 e. The second-order valence-electron chi connectivity index (χ2n) is 7.55. The third-order valence-electron chi connectivity index (χ3n) is 5.19. The lowest BCUT2D eigenvalue weighted by molar-refractivity contribution is -0.129. The normalized spacial score (nSPS) is 15.2. The first-order valence-electron chi connectivity index (χ1n) is 10.6. The number of nitrogens with two attached hydrogens (primary N) is 2. The van der Waals surface area contributed by atoms with Crippen LogP contribution < -0.4 is 25.7 Å². The van der Waals surface area contributed by atoms with Crippen molar-refractivity contribution in [3.05, 3.63) is 47.4 Å². The van der Waals surface area contributed by atoms with E-state index in [4.69, 9.17) is 25.7 Å². The molecule has 35 heavy (non-hydrogen) atoms. The van der Waals surface area contributed by atoms with E-state index in [1.54, 1.807) is 0 Å². The van der Waals surface area contributed by atoms with Crippen LogP contribution in [-0.2, 0) is 11.4 Å². The average molecular weight is 492 g/mol. The molecule has 188 valence electrons. The van der Waals surface area contributed by atoms with Gasteiger partial charge in [0.05, 0.1) is 38.3 Å². The first kappa shape index (κ1) is 25.6. The minimum absolute atomic E-state index is 0.0483. The number of aromatic nitrogens is 2. The minimum atomic E-state index is -0.916. The van der Waals surface area contributed by atoms with E-state index in [0.29, 0.717) is 25.9 Å². The maximum Gasteiger partial charge on any atom is 0.269 e. The third kappa shape index (κ3) is 6.32. The first-order valence-corrected chi connectivity index (χ1v) is 10.6. The number of ether oxygens (including phenoxy) is 3. The Morgan fingerprint density at radius 2 is 1.74 bits per heavy atom. The van der Waals surface area contributed by atoms with Gasteiger partial charge in [-0.3, -0.25) is 4.79 Å². The van der Waals surface area contributed by atoms with Crippen molar-refractivity contribution in [2.24, 2.45) is 16.5 Å². The quantitative estimate of drug-likeness (QED) is 0.279. The number of hydrogen-bond acceptors (Lipinski definition) is 9. The van der Waals surface area contributed by atoms with E-state index < -0.39 is 30.3 Å². The molecular formula is C22H26F2N6O5. The van der Waals surface area contributed by atoms with Crippen molar-refractivity contribution in [1.82, 2.24) is 14.9 Å². The molecule has 1 amide bonds. The van der Waals surface area contributed by atoms with Crippen LogP contribution in [0.2, 0.25) is 0 Å². The monoisotopic (exact) mass is 492 g/mol. The van der Waals surface area contributed by atoms with Crippen molar-refractivity contribution in [3.8, 4) is 17.2 Å². The Hall–Kier alpha value is -4.00.